The minimum atomic E-state index is -1.08. The predicted octanol–water partition coefficient (Wildman–Crippen LogP) is 4.12. The van der Waals surface area contributed by atoms with Gasteiger partial charge in [0, 0.05) is 25.3 Å². The maximum atomic E-state index is 11.9. The molecule has 9 nitrogen and oxygen atoms in total. The highest BCUT2D eigenvalue weighted by Crippen LogP contribution is 2.20. The van der Waals surface area contributed by atoms with E-state index in [4.69, 9.17) is 14.5 Å². The van der Waals surface area contributed by atoms with E-state index in [0.717, 1.165) is 62.5 Å². The number of aryl methyl sites for hydroxylation is 2. The Morgan fingerprint density at radius 3 is 2.68 bits per heavy atom. The summed E-state index contributed by atoms with van der Waals surface area (Å²) in [4.78, 5) is 30.6. The minimum absolute atomic E-state index is 0.270. The van der Waals surface area contributed by atoms with Gasteiger partial charge in [-0.3, -0.25) is 4.90 Å². The lowest BCUT2D eigenvalue weighted by atomic mass is 10.1. The molecule has 3 rings (SSSR count). The van der Waals surface area contributed by atoms with Gasteiger partial charge in [-0.1, -0.05) is 24.3 Å². The maximum Gasteiger partial charge on any atom is 0.408 e. The first kappa shape index (κ1) is 28.2. The number of hydrogen-bond donors (Lipinski definition) is 3. The number of carbonyl (C=O) groups excluding carboxylic acids is 1. The number of carboxylic acid groups (broad SMARTS) is 1. The fourth-order valence-electron chi connectivity index (χ4n) is 4.25. The molecular weight excluding hydrogens is 472 g/mol. The van der Waals surface area contributed by atoms with Gasteiger partial charge < -0.3 is 25.2 Å². The van der Waals surface area contributed by atoms with Gasteiger partial charge in [0.1, 0.15) is 24.2 Å². The van der Waals surface area contributed by atoms with Crippen LogP contribution in [0.3, 0.4) is 0 Å². The zero-order valence-electron chi connectivity index (χ0n) is 21.9. The summed E-state index contributed by atoms with van der Waals surface area (Å²) in [6, 6.07) is 12.9. The Bertz CT molecular complexity index is 986. The van der Waals surface area contributed by atoms with Crippen LogP contribution in [0.2, 0.25) is 0 Å². The second kappa shape index (κ2) is 15.0. The average molecular weight is 513 g/mol. The predicted molar refractivity (Wildman–Crippen MR) is 143 cm³/mol. The molecule has 3 N–H and O–H groups in total. The van der Waals surface area contributed by atoms with Gasteiger partial charge in [-0.15, -0.1) is 0 Å². The van der Waals surface area contributed by atoms with Crippen LogP contribution >= 0.6 is 0 Å². The first-order valence-electron chi connectivity index (χ1n) is 13.2. The summed E-state index contributed by atoms with van der Waals surface area (Å²) >= 11 is 0. The van der Waals surface area contributed by atoms with E-state index in [1.54, 1.807) is 13.8 Å². The van der Waals surface area contributed by atoms with Crippen molar-refractivity contribution in [3.63, 3.8) is 0 Å². The molecule has 202 valence electrons. The third kappa shape index (κ3) is 10.3. The van der Waals surface area contributed by atoms with Gasteiger partial charge in [0.15, 0.2) is 0 Å². The number of nitrogens with zero attached hydrogens (tertiary/aromatic N) is 2. The highest BCUT2D eigenvalue weighted by atomic mass is 16.6. The van der Waals surface area contributed by atoms with Crippen molar-refractivity contribution in [1.82, 2.24) is 15.2 Å². The largest absolute Gasteiger partial charge is 0.492 e. The number of hydrogen-bond acceptors (Lipinski definition) is 7. The van der Waals surface area contributed by atoms with Crippen molar-refractivity contribution in [2.24, 2.45) is 0 Å². The maximum absolute atomic E-state index is 11.9. The van der Waals surface area contributed by atoms with Gasteiger partial charge >= 0.3 is 12.1 Å². The van der Waals surface area contributed by atoms with E-state index in [2.05, 4.69) is 27.7 Å². The van der Waals surface area contributed by atoms with Crippen LogP contribution in [0.25, 0.3) is 0 Å². The summed E-state index contributed by atoms with van der Waals surface area (Å²) in [5, 5.41) is 15.4. The molecule has 0 saturated carbocycles. The SMILES string of the molecule is CC(C)OC(=O)N[C@@H](CCN(CCCCc1ccc2c(n1)NCCC2)CCOc1ccccc1)C(=O)O. The second-order valence-corrected chi connectivity index (χ2v) is 9.58. The summed E-state index contributed by atoms with van der Waals surface area (Å²) in [7, 11) is 0. The molecule has 0 saturated heterocycles. The lowest BCUT2D eigenvalue weighted by Crippen LogP contribution is -2.44. The summed E-state index contributed by atoms with van der Waals surface area (Å²) in [5.74, 6) is 0.746. The smallest absolute Gasteiger partial charge is 0.408 e. The standard InChI is InChI=1S/C28H40N4O5/c1-21(2)37-28(35)31-25(27(33)34)15-18-32(19-20-36-24-11-4-3-5-12-24)17-7-6-10-23-14-13-22-9-8-16-29-26(22)30-23/h3-5,11-14,21,25H,6-10,15-20H2,1-2H3,(H,29,30)(H,31,35)(H,33,34)/t25-/m0/s1. The molecule has 9 heteroatoms. The lowest BCUT2D eigenvalue weighted by molar-refractivity contribution is -0.139. The molecule has 0 radical (unpaired) electrons. The molecule has 2 heterocycles. The number of carbonyl (C=O) groups is 2. The number of aliphatic carboxylic acids is 1. The molecule has 0 aliphatic carbocycles. The number of anilines is 1. The van der Waals surface area contributed by atoms with Gasteiger partial charge in [-0.2, -0.15) is 0 Å². The Hall–Kier alpha value is -3.33. The zero-order chi connectivity index (χ0) is 26.5. The Balaban J connectivity index is 1.50. The number of benzene rings is 1. The molecule has 1 atom stereocenters. The number of pyridine rings is 1. The molecule has 1 aliphatic rings. The van der Waals surface area contributed by atoms with E-state index in [1.165, 1.54) is 5.56 Å². The van der Waals surface area contributed by atoms with Crippen molar-refractivity contribution in [3.8, 4) is 5.75 Å². The number of unbranched alkanes of at least 4 members (excludes halogenated alkanes) is 1. The Kier molecular flexibility index (Phi) is 11.5. The molecule has 0 spiro atoms. The van der Waals surface area contributed by atoms with Gasteiger partial charge in [-0.25, -0.2) is 14.6 Å². The van der Waals surface area contributed by atoms with Crippen molar-refractivity contribution >= 4 is 17.9 Å². The van der Waals surface area contributed by atoms with Crippen LogP contribution in [-0.4, -0.2) is 72.0 Å². The van der Waals surface area contributed by atoms with Crippen LogP contribution in [0.1, 0.15) is 50.8 Å². The van der Waals surface area contributed by atoms with Gasteiger partial charge in [-0.05, 0) is 82.7 Å². The number of amides is 1. The molecule has 1 aromatic heterocycles. The molecule has 0 unspecified atom stereocenters. The van der Waals surface area contributed by atoms with Gasteiger partial charge in [0.25, 0.3) is 0 Å². The Morgan fingerprint density at radius 1 is 1.11 bits per heavy atom. The number of fused-ring (bicyclic) bond motifs is 1. The third-order valence-electron chi connectivity index (χ3n) is 6.20. The van der Waals surface area contributed by atoms with Crippen LogP contribution in [0, 0.1) is 0 Å². The van der Waals surface area contributed by atoms with Crippen molar-refractivity contribution in [1.29, 1.82) is 0 Å². The van der Waals surface area contributed by atoms with Gasteiger partial charge in [0.2, 0.25) is 0 Å². The molecule has 0 fully saturated rings. The molecule has 0 bridgehead atoms. The number of alkyl carbamates (subject to hydrolysis) is 1. The highest BCUT2D eigenvalue weighted by molar-refractivity contribution is 5.79. The van der Waals surface area contributed by atoms with Crippen LogP contribution < -0.4 is 15.4 Å². The van der Waals surface area contributed by atoms with E-state index >= 15 is 0 Å². The summed E-state index contributed by atoms with van der Waals surface area (Å²) in [6.45, 7) is 6.87. The molecule has 2 aromatic rings. The molecule has 1 amide bonds. The number of nitrogens with one attached hydrogen (secondary N) is 2. The van der Waals surface area contributed by atoms with Crippen LogP contribution in [-0.2, 0) is 22.4 Å². The van der Waals surface area contributed by atoms with Crippen molar-refractivity contribution in [2.45, 2.75) is 64.5 Å². The third-order valence-corrected chi connectivity index (χ3v) is 6.20. The number of carboxylic acids is 1. The fraction of sp³-hybridized carbons (Fsp3) is 0.536. The normalized spacial score (nSPS) is 13.5. The average Bonchev–Trinajstić information content (AvgIpc) is 2.88. The molecule has 1 aromatic carbocycles. The van der Waals surface area contributed by atoms with E-state index in [-0.39, 0.29) is 12.5 Å². The monoisotopic (exact) mass is 512 g/mol. The highest BCUT2D eigenvalue weighted by Gasteiger charge is 2.22. The fourth-order valence-corrected chi connectivity index (χ4v) is 4.25. The van der Waals surface area contributed by atoms with E-state index in [1.807, 2.05) is 30.3 Å². The first-order chi connectivity index (χ1) is 17.9. The molecular formula is C28H40N4O5. The van der Waals surface area contributed by atoms with Crippen molar-refractivity contribution < 1.29 is 24.2 Å². The minimum Gasteiger partial charge on any atom is -0.492 e. The van der Waals surface area contributed by atoms with Crippen LogP contribution in [0.5, 0.6) is 5.75 Å². The van der Waals surface area contributed by atoms with Crippen LogP contribution in [0.15, 0.2) is 42.5 Å². The number of rotatable bonds is 15. The molecule has 37 heavy (non-hydrogen) atoms. The topological polar surface area (TPSA) is 113 Å². The van der Waals surface area contributed by atoms with E-state index in [9.17, 15) is 14.7 Å². The number of aromatic nitrogens is 1. The zero-order valence-corrected chi connectivity index (χ0v) is 21.9. The number of para-hydroxylation sites is 1. The van der Waals surface area contributed by atoms with Crippen molar-refractivity contribution in [3.05, 3.63) is 53.7 Å². The summed E-state index contributed by atoms with van der Waals surface area (Å²) in [5.41, 5.74) is 2.38. The second-order valence-electron chi connectivity index (χ2n) is 9.58. The Labute approximate surface area is 219 Å². The van der Waals surface area contributed by atoms with Gasteiger partial charge in [0.05, 0.1) is 6.10 Å². The van der Waals surface area contributed by atoms with Crippen molar-refractivity contribution in [2.75, 3.05) is 38.1 Å². The Morgan fingerprint density at radius 2 is 1.92 bits per heavy atom. The lowest BCUT2D eigenvalue weighted by Gasteiger charge is -2.24. The quantitative estimate of drug-likeness (QED) is 0.306. The van der Waals surface area contributed by atoms with E-state index < -0.39 is 18.1 Å². The summed E-state index contributed by atoms with van der Waals surface area (Å²) < 4.78 is 10.9. The van der Waals surface area contributed by atoms with Crippen LogP contribution in [0.4, 0.5) is 10.6 Å². The summed E-state index contributed by atoms with van der Waals surface area (Å²) in [6.07, 6.45) is 4.28. The number of ether oxygens (including phenoxy) is 2. The van der Waals surface area contributed by atoms with E-state index in [0.29, 0.717) is 19.7 Å². The molecule has 1 aliphatic heterocycles. The first-order valence-corrected chi connectivity index (χ1v) is 13.2.